The van der Waals surface area contributed by atoms with Crippen LogP contribution in [0.25, 0.3) is 5.69 Å². The van der Waals surface area contributed by atoms with Crippen molar-refractivity contribution in [3.05, 3.63) is 34.3 Å². The maximum absolute atomic E-state index is 6.08. The summed E-state index contributed by atoms with van der Waals surface area (Å²) in [5, 5.41) is 6.28. The van der Waals surface area contributed by atoms with E-state index in [-0.39, 0.29) is 0 Å². The molecule has 0 radical (unpaired) electrons. The van der Waals surface area contributed by atoms with Crippen molar-refractivity contribution in [1.29, 1.82) is 0 Å². The Labute approximate surface area is 108 Å². The molecule has 84 valence electrons. The largest absolute Gasteiger partial charge is 0.384 e. The van der Waals surface area contributed by atoms with Crippen LogP contribution in [0, 0.1) is 0 Å². The van der Waals surface area contributed by atoms with Crippen molar-refractivity contribution < 1.29 is 0 Å². The Kier molecular flexibility index (Phi) is 3.33. The van der Waals surface area contributed by atoms with E-state index in [4.69, 9.17) is 28.9 Å². The summed E-state index contributed by atoms with van der Waals surface area (Å²) >= 11 is 13.4. The highest BCUT2D eigenvalue weighted by atomic mass is 35.5. The molecular weight excluding hydrogens is 265 g/mol. The second kappa shape index (κ2) is 4.57. The first-order chi connectivity index (χ1) is 7.61. The summed E-state index contributed by atoms with van der Waals surface area (Å²) in [5.74, 6) is 0.550. The van der Waals surface area contributed by atoms with E-state index in [2.05, 4.69) is 5.10 Å². The fourth-order valence-electron chi connectivity index (χ4n) is 1.32. The summed E-state index contributed by atoms with van der Waals surface area (Å²) in [6.07, 6.45) is 1.94. The minimum Gasteiger partial charge on any atom is -0.384 e. The Balaban J connectivity index is 2.53. The zero-order chi connectivity index (χ0) is 11.7. The molecule has 2 N–H and O–H groups in total. The molecule has 1 aromatic heterocycles. The maximum atomic E-state index is 6.08. The average Bonchev–Trinajstić information content (AvgIpc) is 2.60. The number of nitrogens with two attached hydrogens (primary N) is 1. The smallest absolute Gasteiger partial charge is 0.128 e. The van der Waals surface area contributed by atoms with E-state index < -0.39 is 0 Å². The standard InChI is InChI=1S/C10H9Cl2N3S/c1-16-10-5-9(13)15(14-10)8-3-2-6(11)4-7(8)12/h2-5H,13H2,1H3. The van der Waals surface area contributed by atoms with Crippen LogP contribution in [0.1, 0.15) is 0 Å². The predicted molar refractivity (Wildman–Crippen MR) is 69.8 cm³/mol. The third-order valence-corrected chi connectivity index (χ3v) is 3.22. The first-order valence-electron chi connectivity index (χ1n) is 4.47. The number of thioether (sulfide) groups is 1. The molecule has 0 fully saturated rings. The Morgan fingerprint density at radius 1 is 1.31 bits per heavy atom. The van der Waals surface area contributed by atoms with Crippen LogP contribution < -0.4 is 5.73 Å². The van der Waals surface area contributed by atoms with Gasteiger partial charge in [-0.25, -0.2) is 4.68 Å². The van der Waals surface area contributed by atoms with Gasteiger partial charge in [-0.3, -0.25) is 0 Å². The van der Waals surface area contributed by atoms with Crippen LogP contribution in [-0.2, 0) is 0 Å². The average molecular weight is 274 g/mol. The van der Waals surface area contributed by atoms with Gasteiger partial charge in [0.1, 0.15) is 10.8 Å². The summed E-state index contributed by atoms with van der Waals surface area (Å²) in [5.41, 5.74) is 6.58. The highest BCUT2D eigenvalue weighted by Gasteiger charge is 2.09. The highest BCUT2D eigenvalue weighted by Crippen LogP contribution is 2.27. The second-order valence-corrected chi connectivity index (χ2v) is 4.79. The molecule has 0 saturated carbocycles. The van der Waals surface area contributed by atoms with Crippen LogP contribution in [-0.4, -0.2) is 16.0 Å². The predicted octanol–water partition coefficient (Wildman–Crippen LogP) is 3.48. The Hall–Kier alpha value is -0.840. The summed E-state index contributed by atoms with van der Waals surface area (Å²) in [7, 11) is 0. The van der Waals surface area contributed by atoms with Crippen LogP contribution in [0.4, 0.5) is 5.82 Å². The van der Waals surface area contributed by atoms with Crippen LogP contribution in [0.3, 0.4) is 0 Å². The van der Waals surface area contributed by atoms with E-state index in [1.54, 1.807) is 28.9 Å². The summed E-state index contributed by atoms with van der Waals surface area (Å²) < 4.78 is 1.60. The van der Waals surface area contributed by atoms with Crippen molar-refractivity contribution in [2.24, 2.45) is 0 Å². The summed E-state index contributed by atoms with van der Waals surface area (Å²) in [6.45, 7) is 0. The summed E-state index contributed by atoms with van der Waals surface area (Å²) in [6, 6.07) is 7.01. The topological polar surface area (TPSA) is 43.8 Å². The number of rotatable bonds is 2. The fourth-order valence-corrected chi connectivity index (χ4v) is 2.21. The number of hydrogen-bond donors (Lipinski definition) is 1. The van der Waals surface area contributed by atoms with Crippen LogP contribution in [0.15, 0.2) is 29.3 Å². The van der Waals surface area contributed by atoms with E-state index in [0.29, 0.717) is 15.9 Å². The lowest BCUT2D eigenvalue weighted by atomic mass is 10.3. The molecule has 0 atom stereocenters. The van der Waals surface area contributed by atoms with E-state index in [1.165, 1.54) is 11.8 Å². The van der Waals surface area contributed by atoms with E-state index >= 15 is 0 Å². The number of anilines is 1. The molecule has 0 aliphatic heterocycles. The molecule has 2 rings (SSSR count). The van der Waals surface area contributed by atoms with Crippen molar-refractivity contribution in [3.8, 4) is 5.69 Å². The van der Waals surface area contributed by atoms with Crippen molar-refractivity contribution in [2.45, 2.75) is 5.03 Å². The first-order valence-corrected chi connectivity index (χ1v) is 6.45. The third kappa shape index (κ3) is 2.14. The molecule has 0 amide bonds. The Bertz CT molecular complexity index is 525. The molecule has 0 spiro atoms. The molecule has 0 unspecified atom stereocenters. The van der Waals surface area contributed by atoms with Gasteiger partial charge in [0.15, 0.2) is 0 Å². The number of nitrogens with zero attached hydrogens (tertiary/aromatic N) is 2. The van der Waals surface area contributed by atoms with E-state index in [0.717, 1.165) is 10.7 Å². The van der Waals surface area contributed by atoms with Gasteiger partial charge in [0.2, 0.25) is 0 Å². The Morgan fingerprint density at radius 2 is 2.06 bits per heavy atom. The van der Waals surface area contributed by atoms with Crippen LogP contribution in [0.5, 0.6) is 0 Å². The number of aromatic nitrogens is 2. The van der Waals surface area contributed by atoms with Crippen molar-refractivity contribution in [2.75, 3.05) is 12.0 Å². The van der Waals surface area contributed by atoms with Gasteiger partial charge >= 0.3 is 0 Å². The highest BCUT2D eigenvalue weighted by molar-refractivity contribution is 7.98. The van der Waals surface area contributed by atoms with Crippen LogP contribution in [0.2, 0.25) is 10.0 Å². The minimum absolute atomic E-state index is 0.523. The fraction of sp³-hybridized carbons (Fsp3) is 0.100. The molecular formula is C10H9Cl2N3S. The zero-order valence-corrected chi connectivity index (χ0v) is 10.8. The van der Waals surface area contributed by atoms with Gasteiger partial charge in [0, 0.05) is 11.1 Å². The monoisotopic (exact) mass is 273 g/mol. The normalized spacial score (nSPS) is 10.7. The molecule has 16 heavy (non-hydrogen) atoms. The van der Waals surface area contributed by atoms with Gasteiger partial charge in [-0.1, -0.05) is 23.2 Å². The van der Waals surface area contributed by atoms with E-state index in [9.17, 15) is 0 Å². The molecule has 6 heteroatoms. The van der Waals surface area contributed by atoms with Gasteiger partial charge in [0.05, 0.1) is 10.7 Å². The lowest BCUT2D eigenvalue weighted by Crippen LogP contribution is -2.02. The number of nitrogen functional groups attached to an aromatic ring is 1. The molecule has 0 aliphatic carbocycles. The molecule has 1 heterocycles. The van der Waals surface area contributed by atoms with Crippen molar-refractivity contribution in [3.63, 3.8) is 0 Å². The zero-order valence-electron chi connectivity index (χ0n) is 8.45. The lowest BCUT2D eigenvalue weighted by molar-refractivity contribution is 0.846. The van der Waals surface area contributed by atoms with Gasteiger partial charge in [-0.15, -0.1) is 11.8 Å². The maximum Gasteiger partial charge on any atom is 0.128 e. The van der Waals surface area contributed by atoms with Gasteiger partial charge in [-0.2, -0.15) is 5.10 Å². The van der Waals surface area contributed by atoms with Crippen molar-refractivity contribution >= 4 is 40.8 Å². The van der Waals surface area contributed by atoms with Gasteiger partial charge < -0.3 is 5.73 Å². The molecule has 2 aromatic rings. The molecule has 0 bridgehead atoms. The lowest BCUT2D eigenvalue weighted by Gasteiger charge is -2.06. The quantitative estimate of drug-likeness (QED) is 0.852. The Morgan fingerprint density at radius 3 is 2.62 bits per heavy atom. The molecule has 0 aliphatic rings. The van der Waals surface area contributed by atoms with E-state index in [1.807, 2.05) is 6.26 Å². The molecule has 3 nitrogen and oxygen atoms in total. The van der Waals surface area contributed by atoms with Crippen molar-refractivity contribution in [1.82, 2.24) is 9.78 Å². The van der Waals surface area contributed by atoms with Crippen LogP contribution >= 0.6 is 35.0 Å². The number of hydrogen-bond acceptors (Lipinski definition) is 3. The molecule has 0 saturated heterocycles. The third-order valence-electron chi connectivity index (χ3n) is 2.06. The second-order valence-electron chi connectivity index (χ2n) is 3.12. The van der Waals surface area contributed by atoms with Gasteiger partial charge in [-0.05, 0) is 24.5 Å². The van der Waals surface area contributed by atoms with Gasteiger partial charge in [0.25, 0.3) is 0 Å². The summed E-state index contributed by atoms with van der Waals surface area (Å²) in [4.78, 5) is 0. The number of benzene rings is 1. The SMILES string of the molecule is CSc1cc(N)n(-c2ccc(Cl)cc2Cl)n1. The molecule has 1 aromatic carbocycles. The number of halogens is 2. The first kappa shape index (κ1) is 11.6. The minimum atomic E-state index is 0.523.